The summed E-state index contributed by atoms with van der Waals surface area (Å²) in [6.07, 6.45) is -1.25. The Kier molecular flexibility index (Phi) is 6.54. The van der Waals surface area contributed by atoms with Gasteiger partial charge in [-0.2, -0.15) is 0 Å². The van der Waals surface area contributed by atoms with Gasteiger partial charge in [-0.05, 0) is 0 Å². The maximum atomic E-state index is 12.8. The summed E-state index contributed by atoms with van der Waals surface area (Å²) in [6, 6.07) is 10.6. The van der Waals surface area contributed by atoms with E-state index in [0.29, 0.717) is 5.56 Å². The molecule has 9 nitrogen and oxygen atoms in total. The van der Waals surface area contributed by atoms with Gasteiger partial charge in [0.15, 0.2) is 11.5 Å². The maximum absolute atomic E-state index is 12.8. The summed E-state index contributed by atoms with van der Waals surface area (Å²) in [7, 11) is 5.69. The first-order valence-corrected chi connectivity index (χ1v) is 8.17. The largest absolute Gasteiger partial charge is 0.493 e. The molecule has 1 unspecified atom stereocenters. The molecule has 0 radical (unpaired) electrons. The zero-order valence-electron chi connectivity index (χ0n) is 15.9. The Morgan fingerprint density at radius 2 is 1.61 bits per heavy atom. The summed E-state index contributed by atoms with van der Waals surface area (Å²) in [5, 5.41) is 11.4. The fourth-order valence-electron chi connectivity index (χ4n) is 2.48. The minimum Gasteiger partial charge on any atom is -0.493 e. The van der Waals surface area contributed by atoms with Crippen LogP contribution in [0.3, 0.4) is 0 Å². The zero-order valence-corrected chi connectivity index (χ0v) is 15.9. The predicted octanol–water partition coefficient (Wildman–Crippen LogP) is 2.60. The number of rotatable bonds is 7. The Morgan fingerprint density at radius 1 is 1.04 bits per heavy atom. The average molecular weight is 388 g/mol. The van der Waals surface area contributed by atoms with E-state index in [9.17, 15) is 19.7 Å². The van der Waals surface area contributed by atoms with E-state index < -0.39 is 28.6 Å². The van der Waals surface area contributed by atoms with Crippen molar-refractivity contribution in [1.29, 1.82) is 0 Å². The van der Waals surface area contributed by atoms with E-state index in [1.165, 1.54) is 33.2 Å². The number of hydrogen-bond acceptors (Lipinski definition) is 7. The summed E-state index contributed by atoms with van der Waals surface area (Å²) in [6.45, 7) is 0. The molecule has 148 valence electrons. The molecule has 1 atom stereocenters. The predicted molar refractivity (Wildman–Crippen MR) is 99.5 cm³/mol. The second-order valence-corrected chi connectivity index (χ2v) is 5.91. The summed E-state index contributed by atoms with van der Waals surface area (Å²) < 4.78 is 15.5. The summed E-state index contributed by atoms with van der Waals surface area (Å²) >= 11 is 0. The summed E-state index contributed by atoms with van der Waals surface area (Å²) in [5.41, 5.74) is -0.431. The standard InChI is InChI=1S/C19H20N2O7/c1-20(2)18(22)17(12-8-6-5-7-9-12)28-19(23)13-10-15(26-3)16(27-4)11-14(13)21(24)25/h5-11,17H,1-4H3. The van der Waals surface area contributed by atoms with Crippen molar-refractivity contribution in [2.45, 2.75) is 6.10 Å². The van der Waals surface area contributed by atoms with Crippen molar-refractivity contribution >= 4 is 17.6 Å². The Balaban J connectivity index is 2.48. The van der Waals surface area contributed by atoms with Gasteiger partial charge in [0.1, 0.15) is 5.56 Å². The highest BCUT2D eigenvalue weighted by atomic mass is 16.6. The van der Waals surface area contributed by atoms with Crippen LogP contribution in [-0.4, -0.2) is 50.0 Å². The van der Waals surface area contributed by atoms with Crippen molar-refractivity contribution in [2.75, 3.05) is 28.3 Å². The van der Waals surface area contributed by atoms with Crippen LogP contribution >= 0.6 is 0 Å². The van der Waals surface area contributed by atoms with E-state index in [-0.39, 0.29) is 17.1 Å². The molecule has 9 heteroatoms. The van der Waals surface area contributed by atoms with E-state index in [4.69, 9.17) is 14.2 Å². The normalized spacial score (nSPS) is 11.3. The third-order valence-electron chi connectivity index (χ3n) is 3.91. The van der Waals surface area contributed by atoms with Gasteiger partial charge in [-0.15, -0.1) is 0 Å². The van der Waals surface area contributed by atoms with Crippen molar-refractivity contribution < 1.29 is 28.7 Å². The molecule has 0 bridgehead atoms. The molecule has 1 amide bonds. The van der Waals surface area contributed by atoms with Gasteiger partial charge in [0.2, 0.25) is 6.10 Å². The quantitative estimate of drug-likeness (QED) is 0.407. The highest BCUT2D eigenvalue weighted by molar-refractivity contribution is 5.97. The highest BCUT2D eigenvalue weighted by Crippen LogP contribution is 2.35. The third-order valence-corrected chi connectivity index (χ3v) is 3.91. The number of benzene rings is 2. The van der Waals surface area contributed by atoms with Crippen molar-refractivity contribution in [3.63, 3.8) is 0 Å². The lowest BCUT2D eigenvalue weighted by molar-refractivity contribution is -0.385. The molecule has 0 aliphatic heterocycles. The number of esters is 1. The van der Waals surface area contributed by atoms with Crippen LogP contribution in [0, 0.1) is 10.1 Å². The first-order chi connectivity index (χ1) is 13.3. The Labute approximate surface area is 161 Å². The van der Waals surface area contributed by atoms with Gasteiger partial charge in [-0.3, -0.25) is 14.9 Å². The zero-order chi connectivity index (χ0) is 20.8. The number of carbonyl (C=O) groups is 2. The molecular formula is C19H20N2O7. The Morgan fingerprint density at radius 3 is 2.11 bits per heavy atom. The third kappa shape index (κ3) is 4.37. The molecule has 0 aliphatic rings. The van der Waals surface area contributed by atoms with E-state index in [0.717, 1.165) is 12.1 Å². The smallest absolute Gasteiger partial charge is 0.346 e. The summed E-state index contributed by atoms with van der Waals surface area (Å²) in [4.78, 5) is 37.2. The van der Waals surface area contributed by atoms with Crippen molar-refractivity contribution in [2.24, 2.45) is 0 Å². The molecule has 0 fully saturated rings. The number of hydrogen-bond donors (Lipinski definition) is 0. The van der Waals surface area contributed by atoms with Crippen molar-refractivity contribution in [3.05, 3.63) is 63.7 Å². The topological polar surface area (TPSA) is 108 Å². The molecule has 2 rings (SSSR count). The van der Waals surface area contributed by atoms with Crippen molar-refractivity contribution in [1.82, 2.24) is 4.90 Å². The molecule has 0 spiro atoms. The van der Waals surface area contributed by atoms with Crippen LogP contribution in [0.2, 0.25) is 0 Å². The van der Waals surface area contributed by atoms with Crippen LogP contribution in [0.15, 0.2) is 42.5 Å². The van der Waals surface area contributed by atoms with Crippen LogP contribution in [0.1, 0.15) is 22.0 Å². The molecule has 0 saturated carbocycles. The van der Waals surface area contributed by atoms with Crippen LogP contribution < -0.4 is 9.47 Å². The second kappa shape index (κ2) is 8.85. The lowest BCUT2D eigenvalue weighted by Crippen LogP contribution is -2.31. The molecule has 0 aromatic heterocycles. The second-order valence-electron chi connectivity index (χ2n) is 5.91. The van der Waals surface area contributed by atoms with Gasteiger partial charge >= 0.3 is 5.97 Å². The molecule has 2 aromatic rings. The highest BCUT2D eigenvalue weighted by Gasteiger charge is 2.31. The Hall–Kier alpha value is -3.62. The number of likely N-dealkylation sites (N-methyl/N-ethyl adjacent to an activating group) is 1. The molecule has 0 heterocycles. The Bertz CT molecular complexity index is 881. The van der Waals surface area contributed by atoms with Crippen LogP contribution in [-0.2, 0) is 9.53 Å². The number of ether oxygens (including phenoxy) is 3. The number of methoxy groups -OCH3 is 2. The van der Waals surface area contributed by atoms with Crippen LogP contribution in [0.25, 0.3) is 0 Å². The number of nitro benzene ring substituents is 1. The van der Waals surface area contributed by atoms with Gasteiger partial charge in [0.05, 0.1) is 25.2 Å². The molecule has 0 N–H and O–H groups in total. The molecule has 0 saturated heterocycles. The van der Waals surface area contributed by atoms with E-state index in [1.54, 1.807) is 30.3 Å². The number of carbonyl (C=O) groups excluding carboxylic acids is 2. The van der Waals surface area contributed by atoms with E-state index in [2.05, 4.69) is 0 Å². The minimum atomic E-state index is -1.25. The van der Waals surface area contributed by atoms with Gasteiger partial charge in [-0.1, -0.05) is 30.3 Å². The molecule has 0 aliphatic carbocycles. The van der Waals surface area contributed by atoms with Gasteiger partial charge < -0.3 is 19.1 Å². The first kappa shape index (κ1) is 20.7. The van der Waals surface area contributed by atoms with E-state index >= 15 is 0 Å². The number of amides is 1. The molecule has 28 heavy (non-hydrogen) atoms. The minimum absolute atomic E-state index is 0.0923. The SMILES string of the molecule is COc1cc(C(=O)OC(C(=O)N(C)C)c2ccccc2)c([N+](=O)[O-])cc1OC. The summed E-state index contributed by atoms with van der Waals surface area (Å²) in [5.74, 6) is -1.30. The average Bonchev–Trinajstić information content (AvgIpc) is 2.70. The fourth-order valence-corrected chi connectivity index (χ4v) is 2.48. The fraction of sp³-hybridized carbons (Fsp3) is 0.263. The van der Waals surface area contributed by atoms with Crippen LogP contribution in [0.5, 0.6) is 11.5 Å². The first-order valence-electron chi connectivity index (χ1n) is 8.17. The molecule has 2 aromatic carbocycles. The van der Waals surface area contributed by atoms with Gasteiger partial charge in [0, 0.05) is 25.7 Å². The molecular weight excluding hydrogens is 368 g/mol. The monoisotopic (exact) mass is 388 g/mol. The van der Waals surface area contributed by atoms with E-state index in [1.807, 2.05) is 0 Å². The number of nitrogens with zero attached hydrogens (tertiary/aromatic N) is 2. The maximum Gasteiger partial charge on any atom is 0.346 e. The van der Waals surface area contributed by atoms with Crippen LogP contribution in [0.4, 0.5) is 5.69 Å². The lowest BCUT2D eigenvalue weighted by atomic mass is 10.1. The van der Waals surface area contributed by atoms with Gasteiger partial charge in [-0.25, -0.2) is 4.79 Å². The number of nitro groups is 1. The van der Waals surface area contributed by atoms with Crippen molar-refractivity contribution in [3.8, 4) is 11.5 Å². The lowest BCUT2D eigenvalue weighted by Gasteiger charge is -2.21. The van der Waals surface area contributed by atoms with Gasteiger partial charge in [0.25, 0.3) is 11.6 Å².